The number of nitrogens with zero attached hydrogens (tertiary/aromatic N) is 6. The topological polar surface area (TPSA) is 94.0 Å². The Labute approximate surface area is 148 Å². The minimum atomic E-state index is -0.218. The number of hydrogen-bond acceptors (Lipinski definition) is 7. The molecule has 138 valence electrons. The molecule has 0 aliphatic heterocycles. The van der Waals surface area contributed by atoms with Gasteiger partial charge in [0.25, 0.3) is 0 Å². The molecule has 9 nitrogen and oxygen atoms in total. The molecular weight excluding hydrogens is 322 g/mol. The number of nitrogens with one attached hydrogen (secondary N) is 1. The first-order valence-electron chi connectivity index (χ1n) is 7.85. The standard InChI is InChI=1S/C16H27N7O2/c1-11-19-15(21(4)5)12(8-17-2)16(20-11)23(7)10-14(25)22(6)9-13(24)18-3/h8H,9-10H2,1-7H3,(H,18,24). The van der Waals surface area contributed by atoms with E-state index in [0.717, 1.165) is 11.4 Å². The predicted octanol–water partition coefficient (Wildman–Crippen LogP) is -0.460. The van der Waals surface area contributed by atoms with Gasteiger partial charge in [0.2, 0.25) is 11.8 Å². The number of anilines is 2. The Kier molecular flexibility index (Phi) is 7.28. The molecule has 1 rings (SSSR count). The summed E-state index contributed by atoms with van der Waals surface area (Å²) in [6, 6.07) is 0. The van der Waals surface area contributed by atoms with Crippen molar-refractivity contribution in [2.45, 2.75) is 6.92 Å². The average molecular weight is 349 g/mol. The van der Waals surface area contributed by atoms with Gasteiger partial charge in [-0.1, -0.05) is 0 Å². The van der Waals surface area contributed by atoms with Crippen LogP contribution >= 0.6 is 0 Å². The number of amides is 2. The zero-order valence-electron chi connectivity index (χ0n) is 16.0. The third kappa shape index (κ3) is 5.40. The van der Waals surface area contributed by atoms with Crippen LogP contribution in [-0.4, -0.2) is 88.3 Å². The fraction of sp³-hybridized carbons (Fsp3) is 0.562. The summed E-state index contributed by atoms with van der Waals surface area (Å²) in [6.07, 6.45) is 1.68. The third-order valence-corrected chi connectivity index (χ3v) is 3.52. The Bertz CT molecular complexity index is 658. The minimum absolute atomic E-state index is 0.0121. The number of rotatable bonds is 7. The van der Waals surface area contributed by atoms with E-state index in [1.165, 1.54) is 11.9 Å². The van der Waals surface area contributed by atoms with E-state index in [1.807, 2.05) is 19.0 Å². The zero-order valence-corrected chi connectivity index (χ0v) is 16.0. The van der Waals surface area contributed by atoms with Gasteiger partial charge >= 0.3 is 0 Å². The van der Waals surface area contributed by atoms with Crippen molar-refractivity contribution < 1.29 is 9.59 Å². The van der Waals surface area contributed by atoms with Gasteiger partial charge in [-0.3, -0.25) is 14.6 Å². The summed E-state index contributed by atoms with van der Waals surface area (Å²) in [7, 11) is 10.4. The summed E-state index contributed by atoms with van der Waals surface area (Å²) in [5.41, 5.74) is 0.738. The molecule has 0 unspecified atom stereocenters. The van der Waals surface area contributed by atoms with Crippen LogP contribution in [0, 0.1) is 6.92 Å². The second-order valence-corrected chi connectivity index (χ2v) is 5.89. The second-order valence-electron chi connectivity index (χ2n) is 5.89. The maximum Gasteiger partial charge on any atom is 0.242 e. The lowest BCUT2D eigenvalue weighted by Gasteiger charge is -2.25. The summed E-state index contributed by atoms with van der Waals surface area (Å²) in [5.74, 6) is 1.54. The van der Waals surface area contributed by atoms with Crippen LogP contribution in [0.4, 0.5) is 11.6 Å². The highest BCUT2D eigenvalue weighted by Crippen LogP contribution is 2.24. The first-order chi connectivity index (χ1) is 11.7. The summed E-state index contributed by atoms with van der Waals surface area (Å²) in [5, 5.41) is 2.50. The molecule has 0 fully saturated rings. The molecule has 1 aromatic heterocycles. The van der Waals surface area contributed by atoms with E-state index in [1.54, 1.807) is 39.2 Å². The van der Waals surface area contributed by atoms with Gasteiger partial charge in [0.05, 0.1) is 18.7 Å². The molecule has 0 atom stereocenters. The molecule has 0 aliphatic carbocycles. The average Bonchev–Trinajstić information content (AvgIpc) is 2.55. The fourth-order valence-electron chi connectivity index (χ4n) is 2.21. The van der Waals surface area contributed by atoms with Gasteiger partial charge in [0.15, 0.2) is 0 Å². The molecule has 0 aromatic carbocycles. The molecule has 25 heavy (non-hydrogen) atoms. The number of likely N-dealkylation sites (N-methyl/N-ethyl adjacent to an activating group) is 3. The molecule has 0 radical (unpaired) electrons. The van der Waals surface area contributed by atoms with Gasteiger partial charge in [0.1, 0.15) is 17.5 Å². The highest BCUT2D eigenvalue weighted by molar-refractivity contribution is 5.94. The largest absolute Gasteiger partial charge is 0.362 e. The van der Waals surface area contributed by atoms with Crippen LogP contribution in [0.5, 0.6) is 0 Å². The molecule has 0 aliphatic rings. The van der Waals surface area contributed by atoms with Gasteiger partial charge in [0, 0.05) is 48.5 Å². The van der Waals surface area contributed by atoms with Crippen LogP contribution in [0.2, 0.25) is 0 Å². The molecular formula is C16H27N7O2. The first-order valence-corrected chi connectivity index (χ1v) is 7.85. The van der Waals surface area contributed by atoms with Crippen LogP contribution in [0.1, 0.15) is 11.4 Å². The predicted molar refractivity (Wildman–Crippen MR) is 99.6 cm³/mol. The van der Waals surface area contributed by atoms with E-state index >= 15 is 0 Å². The number of aliphatic imine (C=N–C) groups is 1. The lowest BCUT2D eigenvalue weighted by molar-refractivity contribution is -0.133. The van der Waals surface area contributed by atoms with Crippen LogP contribution in [0.3, 0.4) is 0 Å². The number of hydrogen-bond donors (Lipinski definition) is 1. The van der Waals surface area contributed by atoms with Crippen LogP contribution in [-0.2, 0) is 9.59 Å². The summed E-state index contributed by atoms with van der Waals surface area (Å²) < 4.78 is 0. The molecule has 9 heteroatoms. The Balaban J connectivity index is 3.10. The fourth-order valence-corrected chi connectivity index (χ4v) is 2.21. The van der Waals surface area contributed by atoms with Gasteiger partial charge in [-0.15, -0.1) is 0 Å². The molecule has 0 spiro atoms. The number of aryl methyl sites for hydroxylation is 1. The SMILES string of the molecule is CN=Cc1c(N(C)C)nc(C)nc1N(C)CC(=O)N(C)CC(=O)NC. The molecule has 2 amide bonds. The third-order valence-electron chi connectivity index (χ3n) is 3.52. The highest BCUT2D eigenvalue weighted by atomic mass is 16.2. The lowest BCUT2D eigenvalue weighted by Crippen LogP contribution is -2.42. The summed E-state index contributed by atoms with van der Waals surface area (Å²) >= 11 is 0. The van der Waals surface area contributed by atoms with Crippen molar-refractivity contribution in [1.29, 1.82) is 0 Å². The van der Waals surface area contributed by atoms with E-state index < -0.39 is 0 Å². The van der Waals surface area contributed by atoms with Crippen molar-refractivity contribution >= 4 is 29.7 Å². The Morgan fingerprint density at radius 2 is 1.72 bits per heavy atom. The van der Waals surface area contributed by atoms with Crippen molar-refractivity contribution in [3.8, 4) is 0 Å². The summed E-state index contributed by atoms with van der Waals surface area (Å²) in [4.78, 5) is 41.8. The molecule has 1 heterocycles. The van der Waals surface area contributed by atoms with Crippen molar-refractivity contribution in [2.75, 3.05) is 65.2 Å². The van der Waals surface area contributed by atoms with Gasteiger partial charge in [-0.25, -0.2) is 9.97 Å². The Morgan fingerprint density at radius 3 is 2.24 bits per heavy atom. The van der Waals surface area contributed by atoms with E-state index in [2.05, 4.69) is 20.3 Å². The van der Waals surface area contributed by atoms with Crippen molar-refractivity contribution in [2.24, 2.45) is 4.99 Å². The molecule has 1 N–H and O–H groups in total. The monoisotopic (exact) mass is 349 g/mol. The van der Waals surface area contributed by atoms with Crippen LogP contribution < -0.4 is 15.1 Å². The molecule has 1 aromatic rings. The van der Waals surface area contributed by atoms with Crippen molar-refractivity contribution in [1.82, 2.24) is 20.2 Å². The number of aromatic nitrogens is 2. The molecule has 0 saturated heterocycles. The number of carbonyl (C=O) groups excluding carboxylic acids is 2. The first kappa shape index (κ1) is 20.3. The van der Waals surface area contributed by atoms with Crippen molar-refractivity contribution in [3.63, 3.8) is 0 Å². The zero-order chi connectivity index (χ0) is 19.1. The van der Waals surface area contributed by atoms with Crippen LogP contribution in [0.15, 0.2) is 4.99 Å². The van der Waals surface area contributed by atoms with Gasteiger partial charge < -0.3 is 20.0 Å². The second kappa shape index (κ2) is 8.95. The molecule has 0 bridgehead atoms. The smallest absolute Gasteiger partial charge is 0.242 e. The minimum Gasteiger partial charge on any atom is -0.362 e. The van der Waals surface area contributed by atoms with Crippen LogP contribution in [0.25, 0.3) is 0 Å². The van der Waals surface area contributed by atoms with Crippen molar-refractivity contribution in [3.05, 3.63) is 11.4 Å². The lowest BCUT2D eigenvalue weighted by atomic mass is 10.2. The Hall–Kier alpha value is -2.71. The van der Waals surface area contributed by atoms with E-state index in [0.29, 0.717) is 11.6 Å². The Morgan fingerprint density at radius 1 is 1.12 bits per heavy atom. The maximum atomic E-state index is 12.4. The molecule has 0 saturated carbocycles. The van der Waals surface area contributed by atoms with E-state index in [-0.39, 0.29) is 24.9 Å². The normalized spacial score (nSPS) is 10.7. The van der Waals surface area contributed by atoms with E-state index in [9.17, 15) is 9.59 Å². The maximum absolute atomic E-state index is 12.4. The quantitative estimate of drug-likeness (QED) is 0.670. The van der Waals surface area contributed by atoms with Gasteiger partial charge in [-0.2, -0.15) is 0 Å². The number of carbonyl (C=O) groups is 2. The van der Waals surface area contributed by atoms with E-state index in [4.69, 9.17) is 0 Å². The highest BCUT2D eigenvalue weighted by Gasteiger charge is 2.20. The summed E-state index contributed by atoms with van der Waals surface area (Å²) in [6.45, 7) is 1.90. The van der Waals surface area contributed by atoms with Gasteiger partial charge in [-0.05, 0) is 6.92 Å².